The number of piperidine rings is 1. The van der Waals surface area contributed by atoms with Gasteiger partial charge in [-0.05, 0) is 18.9 Å². The van der Waals surface area contributed by atoms with Crippen molar-refractivity contribution >= 4 is 22.6 Å². The Morgan fingerprint density at radius 1 is 1.44 bits per heavy atom. The third-order valence-electron chi connectivity index (χ3n) is 4.57. The standard InChI is InChI=1S/C16H20F3N5O/c1-23(15-12-5-7-20-14(12)21-10-22-15)24-8-2-3-11(9-24)13(25)4-6-16(17,18)19/h5,7,10-11H,2-4,6,8-9H2,1H3,(H,20,21,22). The summed E-state index contributed by atoms with van der Waals surface area (Å²) in [6, 6.07) is 1.87. The summed E-state index contributed by atoms with van der Waals surface area (Å²) in [4.78, 5) is 23.6. The highest BCUT2D eigenvalue weighted by Gasteiger charge is 2.32. The van der Waals surface area contributed by atoms with E-state index in [1.807, 2.05) is 23.1 Å². The van der Waals surface area contributed by atoms with E-state index >= 15 is 0 Å². The maximum atomic E-state index is 12.3. The molecule has 1 aliphatic rings. The van der Waals surface area contributed by atoms with Gasteiger partial charge in [0.1, 0.15) is 17.8 Å². The molecular weight excluding hydrogens is 335 g/mol. The third-order valence-corrected chi connectivity index (χ3v) is 4.57. The molecule has 0 radical (unpaired) electrons. The molecule has 25 heavy (non-hydrogen) atoms. The van der Waals surface area contributed by atoms with Crippen molar-refractivity contribution in [2.75, 3.05) is 25.1 Å². The van der Waals surface area contributed by atoms with Gasteiger partial charge in [-0.25, -0.2) is 15.0 Å². The van der Waals surface area contributed by atoms with Gasteiger partial charge >= 0.3 is 6.18 Å². The average Bonchev–Trinajstić information content (AvgIpc) is 3.07. The van der Waals surface area contributed by atoms with Crippen molar-refractivity contribution in [1.29, 1.82) is 0 Å². The molecule has 1 aliphatic heterocycles. The van der Waals surface area contributed by atoms with Crippen molar-refractivity contribution in [1.82, 2.24) is 20.0 Å². The van der Waals surface area contributed by atoms with Gasteiger partial charge in [0.2, 0.25) is 0 Å². The number of nitrogens with one attached hydrogen (secondary N) is 1. The molecule has 0 spiro atoms. The molecule has 0 amide bonds. The molecule has 1 unspecified atom stereocenters. The lowest BCUT2D eigenvalue weighted by Crippen LogP contribution is -2.48. The van der Waals surface area contributed by atoms with Crippen LogP contribution >= 0.6 is 0 Å². The minimum Gasteiger partial charge on any atom is -0.346 e. The van der Waals surface area contributed by atoms with Crippen molar-refractivity contribution in [3.05, 3.63) is 18.6 Å². The zero-order valence-corrected chi connectivity index (χ0v) is 13.9. The van der Waals surface area contributed by atoms with Crippen molar-refractivity contribution in [3.63, 3.8) is 0 Å². The fraction of sp³-hybridized carbons (Fsp3) is 0.562. The van der Waals surface area contributed by atoms with Crippen LogP contribution in [0.3, 0.4) is 0 Å². The summed E-state index contributed by atoms with van der Waals surface area (Å²) >= 11 is 0. The highest BCUT2D eigenvalue weighted by molar-refractivity contribution is 5.87. The number of H-pyrrole nitrogens is 1. The number of aromatic nitrogens is 3. The number of anilines is 1. The maximum Gasteiger partial charge on any atom is 0.389 e. The van der Waals surface area contributed by atoms with E-state index in [1.165, 1.54) is 6.33 Å². The minimum atomic E-state index is -4.29. The lowest BCUT2D eigenvalue weighted by molar-refractivity contribution is -0.145. The molecule has 0 saturated carbocycles. The first-order valence-electron chi connectivity index (χ1n) is 8.21. The molecule has 3 heterocycles. The van der Waals surface area contributed by atoms with Gasteiger partial charge in [0.15, 0.2) is 5.82 Å². The number of alkyl halides is 3. The van der Waals surface area contributed by atoms with Crippen LogP contribution in [0, 0.1) is 5.92 Å². The average molecular weight is 355 g/mol. The molecule has 1 saturated heterocycles. The molecule has 1 N–H and O–H groups in total. The Labute approximate surface area is 143 Å². The lowest BCUT2D eigenvalue weighted by atomic mass is 9.92. The van der Waals surface area contributed by atoms with Gasteiger partial charge < -0.3 is 4.98 Å². The number of rotatable bonds is 5. The van der Waals surface area contributed by atoms with Crippen LogP contribution in [-0.4, -0.2) is 52.1 Å². The van der Waals surface area contributed by atoms with Crippen LogP contribution in [0.5, 0.6) is 0 Å². The first kappa shape index (κ1) is 17.7. The smallest absolute Gasteiger partial charge is 0.346 e. The normalized spacial score (nSPS) is 19.3. The number of hydrazine groups is 1. The van der Waals surface area contributed by atoms with E-state index in [9.17, 15) is 18.0 Å². The Hall–Kier alpha value is -2.16. The van der Waals surface area contributed by atoms with Crippen LogP contribution in [0.4, 0.5) is 19.0 Å². The van der Waals surface area contributed by atoms with E-state index in [2.05, 4.69) is 15.0 Å². The maximum absolute atomic E-state index is 12.3. The Morgan fingerprint density at radius 3 is 3.00 bits per heavy atom. The summed E-state index contributed by atoms with van der Waals surface area (Å²) in [5.41, 5.74) is 0.715. The zero-order valence-electron chi connectivity index (χ0n) is 13.9. The summed E-state index contributed by atoms with van der Waals surface area (Å²) in [5, 5.41) is 4.69. The van der Waals surface area contributed by atoms with Crippen molar-refractivity contribution < 1.29 is 18.0 Å². The number of carbonyl (C=O) groups excluding carboxylic acids is 1. The molecule has 3 rings (SSSR count). The number of hydrogen-bond acceptors (Lipinski definition) is 5. The van der Waals surface area contributed by atoms with Gasteiger partial charge in [-0.15, -0.1) is 0 Å². The Balaban J connectivity index is 1.68. The molecule has 0 aliphatic carbocycles. The fourth-order valence-corrected chi connectivity index (χ4v) is 3.21. The van der Waals surface area contributed by atoms with Crippen molar-refractivity contribution in [2.24, 2.45) is 5.92 Å². The van der Waals surface area contributed by atoms with E-state index in [-0.39, 0.29) is 11.7 Å². The predicted molar refractivity (Wildman–Crippen MR) is 86.9 cm³/mol. The van der Waals surface area contributed by atoms with E-state index in [4.69, 9.17) is 0 Å². The Bertz CT molecular complexity index is 745. The van der Waals surface area contributed by atoms with Crippen LogP contribution in [0.1, 0.15) is 25.7 Å². The number of halogens is 3. The van der Waals surface area contributed by atoms with Crippen LogP contribution in [0.25, 0.3) is 11.0 Å². The molecule has 1 atom stereocenters. The van der Waals surface area contributed by atoms with Crippen LogP contribution in [-0.2, 0) is 4.79 Å². The first-order valence-corrected chi connectivity index (χ1v) is 8.21. The van der Waals surface area contributed by atoms with Gasteiger partial charge in [-0.1, -0.05) is 0 Å². The number of fused-ring (bicyclic) bond motifs is 1. The van der Waals surface area contributed by atoms with Gasteiger partial charge in [0.05, 0.1) is 11.8 Å². The molecule has 2 aromatic heterocycles. The molecule has 6 nitrogen and oxygen atoms in total. The number of hydrogen-bond donors (Lipinski definition) is 1. The summed E-state index contributed by atoms with van der Waals surface area (Å²) < 4.78 is 37.0. The van der Waals surface area contributed by atoms with Gasteiger partial charge in [0, 0.05) is 38.7 Å². The number of aromatic amines is 1. The van der Waals surface area contributed by atoms with Crippen LogP contribution in [0.15, 0.2) is 18.6 Å². The largest absolute Gasteiger partial charge is 0.389 e. The third kappa shape index (κ3) is 4.09. The molecule has 0 bridgehead atoms. The predicted octanol–water partition coefficient (Wildman–Crippen LogP) is 2.93. The molecule has 1 fully saturated rings. The monoisotopic (exact) mass is 355 g/mol. The van der Waals surface area contributed by atoms with Crippen molar-refractivity contribution in [3.8, 4) is 0 Å². The number of nitrogens with zero attached hydrogens (tertiary/aromatic N) is 4. The first-order chi connectivity index (χ1) is 11.8. The summed E-state index contributed by atoms with van der Waals surface area (Å²) in [6.45, 7) is 1.14. The highest BCUT2D eigenvalue weighted by Crippen LogP contribution is 2.28. The van der Waals surface area contributed by atoms with Crippen molar-refractivity contribution in [2.45, 2.75) is 31.9 Å². The van der Waals surface area contributed by atoms with E-state index in [1.54, 1.807) is 6.20 Å². The minimum absolute atomic E-state index is 0.315. The van der Waals surface area contributed by atoms with Crippen LogP contribution in [0.2, 0.25) is 0 Å². The number of Topliss-reactive ketones (excluding diaryl/α,β-unsaturated/α-hetero) is 1. The number of ketones is 1. The molecule has 0 aromatic carbocycles. The summed E-state index contributed by atoms with van der Waals surface area (Å²) in [6.07, 6.45) is -1.16. The van der Waals surface area contributed by atoms with Crippen LogP contribution < -0.4 is 5.01 Å². The van der Waals surface area contributed by atoms with Gasteiger partial charge in [0.25, 0.3) is 0 Å². The molecular formula is C16H20F3N5O. The SMILES string of the molecule is CN(c1ncnc2[nH]ccc12)N1CCCC(C(=O)CCC(F)(F)F)C1. The highest BCUT2D eigenvalue weighted by atomic mass is 19.4. The quantitative estimate of drug-likeness (QED) is 0.893. The summed E-state index contributed by atoms with van der Waals surface area (Å²) in [7, 11) is 1.84. The molecule has 136 valence electrons. The Kier molecular flexibility index (Phi) is 4.94. The summed E-state index contributed by atoms with van der Waals surface area (Å²) in [5.74, 6) is 0.0154. The van der Waals surface area contributed by atoms with Gasteiger partial charge in [-0.3, -0.25) is 9.80 Å². The second-order valence-corrected chi connectivity index (χ2v) is 6.29. The van der Waals surface area contributed by atoms with E-state index in [0.717, 1.165) is 18.4 Å². The topological polar surface area (TPSA) is 65.1 Å². The van der Waals surface area contributed by atoms with E-state index < -0.39 is 19.0 Å². The fourth-order valence-electron chi connectivity index (χ4n) is 3.21. The zero-order chi connectivity index (χ0) is 18.0. The van der Waals surface area contributed by atoms with E-state index in [0.29, 0.717) is 24.4 Å². The number of carbonyl (C=O) groups is 1. The molecule has 2 aromatic rings. The molecule has 9 heteroatoms. The van der Waals surface area contributed by atoms with Gasteiger partial charge in [-0.2, -0.15) is 13.2 Å². The Morgan fingerprint density at radius 2 is 2.24 bits per heavy atom. The lowest BCUT2D eigenvalue weighted by Gasteiger charge is -2.38. The second-order valence-electron chi connectivity index (χ2n) is 6.29. The second kappa shape index (κ2) is 6.99.